The van der Waals surface area contributed by atoms with Crippen molar-refractivity contribution in [2.45, 2.75) is 26.9 Å². The monoisotopic (exact) mass is 419 g/mol. The number of carbonyl (C=O) groups is 1. The summed E-state index contributed by atoms with van der Waals surface area (Å²) in [6, 6.07) is 19.3. The lowest BCUT2D eigenvalue weighted by Crippen LogP contribution is -2.25. The molecular formula is C26H29NO4. The molecule has 3 aromatic carbocycles. The zero-order chi connectivity index (χ0) is 22.2. The van der Waals surface area contributed by atoms with E-state index in [9.17, 15) is 4.79 Å². The summed E-state index contributed by atoms with van der Waals surface area (Å²) in [6.07, 6.45) is 0.745. The first-order valence-electron chi connectivity index (χ1n) is 10.3. The summed E-state index contributed by atoms with van der Waals surface area (Å²) in [4.78, 5) is 12.6. The molecule has 0 aliphatic carbocycles. The normalized spacial score (nSPS) is 10.5. The molecule has 0 saturated heterocycles. The smallest absolute Gasteiger partial charge is 0.251 e. The maximum Gasteiger partial charge on any atom is 0.251 e. The predicted octanol–water partition coefficient (Wildman–Crippen LogP) is 4.87. The first kappa shape index (κ1) is 22.2. The predicted molar refractivity (Wildman–Crippen MR) is 122 cm³/mol. The fourth-order valence-corrected chi connectivity index (χ4v) is 3.42. The summed E-state index contributed by atoms with van der Waals surface area (Å²) >= 11 is 0. The van der Waals surface area contributed by atoms with Crippen LogP contribution in [0.5, 0.6) is 17.2 Å². The third kappa shape index (κ3) is 6.25. The Bertz CT molecular complexity index is 1010. The van der Waals surface area contributed by atoms with Crippen LogP contribution in [-0.4, -0.2) is 26.7 Å². The van der Waals surface area contributed by atoms with Gasteiger partial charge in [0.05, 0.1) is 14.2 Å². The third-order valence-corrected chi connectivity index (χ3v) is 4.99. The molecule has 1 amide bonds. The summed E-state index contributed by atoms with van der Waals surface area (Å²) in [6.45, 7) is 4.94. The standard InChI is InChI=1S/C26H29NO4/c1-18-13-19(2)15-24(14-18)31-17-22-16-21(7-10-25(22)30-4)26(28)27-12-11-20-5-8-23(29-3)9-6-20/h5-10,13-16H,11-12,17H2,1-4H3,(H,27,28). The third-order valence-electron chi connectivity index (χ3n) is 4.99. The molecule has 0 atom stereocenters. The van der Waals surface area contributed by atoms with Gasteiger partial charge in [-0.05, 0) is 79.4 Å². The van der Waals surface area contributed by atoms with Gasteiger partial charge in [-0.1, -0.05) is 18.2 Å². The molecule has 31 heavy (non-hydrogen) atoms. The van der Waals surface area contributed by atoms with Gasteiger partial charge in [-0.25, -0.2) is 0 Å². The van der Waals surface area contributed by atoms with E-state index in [1.165, 1.54) is 0 Å². The number of methoxy groups -OCH3 is 2. The second kappa shape index (κ2) is 10.5. The van der Waals surface area contributed by atoms with E-state index < -0.39 is 0 Å². The van der Waals surface area contributed by atoms with E-state index in [1.54, 1.807) is 26.4 Å². The van der Waals surface area contributed by atoms with Gasteiger partial charge in [0.25, 0.3) is 5.91 Å². The molecule has 0 unspecified atom stereocenters. The van der Waals surface area contributed by atoms with Gasteiger partial charge in [-0.2, -0.15) is 0 Å². The fourth-order valence-electron chi connectivity index (χ4n) is 3.42. The number of amides is 1. The number of rotatable bonds is 9. The van der Waals surface area contributed by atoms with Crippen LogP contribution in [0.1, 0.15) is 32.6 Å². The molecule has 0 fully saturated rings. The molecule has 0 aromatic heterocycles. The van der Waals surface area contributed by atoms with E-state index in [0.29, 0.717) is 24.5 Å². The van der Waals surface area contributed by atoms with Crippen LogP contribution < -0.4 is 19.5 Å². The Kier molecular flexibility index (Phi) is 7.55. The number of carbonyl (C=O) groups excluding carboxylic acids is 1. The van der Waals surface area contributed by atoms with Crippen molar-refractivity contribution < 1.29 is 19.0 Å². The van der Waals surface area contributed by atoms with Crippen LogP contribution in [-0.2, 0) is 13.0 Å². The molecular weight excluding hydrogens is 390 g/mol. The Hall–Kier alpha value is -3.47. The molecule has 5 heteroatoms. The van der Waals surface area contributed by atoms with Crippen molar-refractivity contribution in [3.05, 3.63) is 88.5 Å². The molecule has 3 aromatic rings. The second-order valence-corrected chi connectivity index (χ2v) is 7.49. The van der Waals surface area contributed by atoms with Gasteiger partial charge < -0.3 is 19.5 Å². The summed E-state index contributed by atoms with van der Waals surface area (Å²) in [7, 11) is 3.26. The van der Waals surface area contributed by atoms with E-state index in [-0.39, 0.29) is 5.91 Å². The van der Waals surface area contributed by atoms with Crippen LogP contribution >= 0.6 is 0 Å². The van der Waals surface area contributed by atoms with Crippen molar-refractivity contribution in [3.8, 4) is 17.2 Å². The van der Waals surface area contributed by atoms with Crippen LogP contribution in [0, 0.1) is 13.8 Å². The Morgan fingerprint density at radius 3 is 2.19 bits per heavy atom. The van der Waals surface area contributed by atoms with E-state index in [4.69, 9.17) is 14.2 Å². The first-order chi connectivity index (χ1) is 15.0. The number of aryl methyl sites for hydroxylation is 2. The molecule has 0 spiro atoms. The minimum absolute atomic E-state index is 0.121. The van der Waals surface area contributed by atoms with E-state index in [2.05, 4.69) is 11.4 Å². The van der Waals surface area contributed by atoms with Crippen LogP contribution in [0.15, 0.2) is 60.7 Å². The van der Waals surface area contributed by atoms with Crippen molar-refractivity contribution >= 4 is 5.91 Å². The first-order valence-corrected chi connectivity index (χ1v) is 10.3. The van der Waals surface area contributed by atoms with Gasteiger partial charge in [-0.3, -0.25) is 4.79 Å². The lowest BCUT2D eigenvalue weighted by atomic mass is 10.1. The molecule has 5 nitrogen and oxygen atoms in total. The van der Waals surface area contributed by atoms with Gasteiger partial charge in [0.1, 0.15) is 23.9 Å². The molecule has 0 aliphatic rings. The number of benzene rings is 3. The Balaban J connectivity index is 1.62. The lowest BCUT2D eigenvalue weighted by Gasteiger charge is -2.13. The van der Waals surface area contributed by atoms with E-state index >= 15 is 0 Å². The van der Waals surface area contributed by atoms with Crippen LogP contribution in [0.4, 0.5) is 0 Å². The number of ether oxygens (including phenoxy) is 3. The molecule has 0 bridgehead atoms. The highest BCUT2D eigenvalue weighted by atomic mass is 16.5. The van der Waals surface area contributed by atoms with Crippen molar-refractivity contribution in [2.24, 2.45) is 0 Å². The summed E-state index contributed by atoms with van der Waals surface area (Å²) < 4.78 is 16.6. The maximum atomic E-state index is 12.6. The maximum absolute atomic E-state index is 12.6. The van der Waals surface area contributed by atoms with Gasteiger partial charge in [0, 0.05) is 17.7 Å². The summed E-state index contributed by atoms with van der Waals surface area (Å²) in [5.41, 5.74) is 4.83. The van der Waals surface area contributed by atoms with Crippen molar-refractivity contribution in [1.82, 2.24) is 5.32 Å². The Morgan fingerprint density at radius 2 is 1.55 bits per heavy atom. The second-order valence-electron chi connectivity index (χ2n) is 7.49. The lowest BCUT2D eigenvalue weighted by molar-refractivity contribution is 0.0954. The highest BCUT2D eigenvalue weighted by molar-refractivity contribution is 5.94. The van der Waals surface area contributed by atoms with E-state index in [0.717, 1.165) is 40.2 Å². The highest BCUT2D eigenvalue weighted by Gasteiger charge is 2.11. The van der Waals surface area contributed by atoms with Gasteiger partial charge >= 0.3 is 0 Å². The minimum Gasteiger partial charge on any atom is -0.497 e. The van der Waals surface area contributed by atoms with Gasteiger partial charge in [-0.15, -0.1) is 0 Å². The number of hydrogen-bond donors (Lipinski definition) is 1. The van der Waals surface area contributed by atoms with Crippen LogP contribution in [0.25, 0.3) is 0 Å². The molecule has 0 heterocycles. The SMILES string of the molecule is COc1ccc(CCNC(=O)c2ccc(OC)c(COc3cc(C)cc(C)c3)c2)cc1. The average Bonchev–Trinajstić information content (AvgIpc) is 2.77. The van der Waals surface area contributed by atoms with Crippen LogP contribution in [0.3, 0.4) is 0 Å². The summed E-state index contributed by atoms with van der Waals surface area (Å²) in [5, 5.41) is 2.98. The highest BCUT2D eigenvalue weighted by Crippen LogP contribution is 2.23. The number of hydrogen-bond acceptors (Lipinski definition) is 4. The zero-order valence-electron chi connectivity index (χ0n) is 18.5. The molecule has 0 radical (unpaired) electrons. The number of nitrogens with one attached hydrogen (secondary N) is 1. The van der Waals surface area contributed by atoms with Gasteiger partial charge in [0.15, 0.2) is 0 Å². The minimum atomic E-state index is -0.121. The topological polar surface area (TPSA) is 56.8 Å². The van der Waals surface area contributed by atoms with Crippen molar-refractivity contribution in [3.63, 3.8) is 0 Å². The molecule has 0 saturated carbocycles. The Labute approximate surface area is 184 Å². The molecule has 0 aliphatic heterocycles. The largest absolute Gasteiger partial charge is 0.497 e. The zero-order valence-corrected chi connectivity index (χ0v) is 18.5. The average molecular weight is 420 g/mol. The molecule has 1 N–H and O–H groups in total. The van der Waals surface area contributed by atoms with E-state index in [1.807, 2.05) is 56.3 Å². The Morgan fingerprint density at radius 1 is 0.839 bits per heavy atom. The quantitative estimate of drug-likeness (QED) is 0.537. The van der Waals surface area contributed by atoms with Crippen molar-refractivity contribution in [2.75, 3.05) is 20.8 Å². The van der Waals surface area contributed by atoms with Gasteiger partial charge in [0.2, 0.25) is 0 Å². The fraction of sp³-hybridized carbons (Fsp3) is 0.269. The molecule has 3 rings (SSSR count). The van der Waals surface area contributed by atoms with Crippen molar-refractivity contribution in [1.29, 1.82) is 0 Å². The van der Waals surface area contributed by atoms with Crippen LogP contribution in [0.2, 0.25) is 0 Å². The molecule has 162 valence electrons. The summed E-state index contributed by atoms with van der Waals surface area (Å²) in [5.74, 6) is 2.19.